The summed E-state index contributed by atoms with van der Waals surface area (Å²) < 4.78 is 35.4. The molecule has 12 heteroatoms. The summed E-state index contributed by atoms with van der Waals surface area (Å²) in [6, 6.07) is 8.51. The van der Waals surface area contributed by atoms with Crippen LogP contribution in [0.2, 0.25) is 5.02 Å². The molecule has 1 saturated heterocycles. The molecule has 31 heavy (non-hydrogen) atoms. The van der Waals surface area contributed by atoms with Gasteiger partial charge in [-0.15, -0.1) is 0 Å². The number of piperazine rings is 1. The number of halogens is 1. The van der Waals surface area contributed by atoms with Gasteiger partial charge in [0.05, 0.1) is 6.20 Å². The summed E-state index contributed by atoms with van der Waals surface area (Å²) in [5.74, 6) is 0.378. The van der Waals surface area contributed by atoms with E-state index in [9.17, 15) is 13.2 Å². The van der Waals surface area contributed by atoms with Crippen LogP contribution >= 0.6 is 11.6 Å². The molecule has 3 heterocycles. The second kappa shape index (κ2) is 8.69. The number of benzene rings is 1. The van der Waals surface area contributed by atoms with Crippen LogP contribution in [0.5, 0.6) is 5.75 Å². The van der Waals surface area contributed by atoms with Crippen molar-refractivity contribution in [2.24, 2.45) is 7.05 Å². The Balaban J connectivity index is 1.38. The molecule has 2 aromatic heterocycles. The van der Waals surface area contributed by atoms with Crippen molar-refractivity contribution in [1.82, 2.24) is 28.8 Å². The minimum atomic E-state index is -3.63. The molecule has 1 aliphatic heterocycles. The van der Waals surface area contributed by atoms with Crippen LogP contribution in [0, 0.1) is 0 Å². The standard InChI is InChI=1S/C19H21ClN6O4S/c1-23-13-17(12-22-23)31(28,29)25-10-8-24(9-11-25)19(27)18-6-7-21-26(18)14-30-16-4-2-15(20)3-5-16/h2-7,12-13H,8-11,14H2,1H3. The first-order valence-electron chi connectivity index (χ1n) is 9.53. The highest BCUT2D eigenvalue weighted by Crippen LogP contribution is 2.19. The number of carbonyl (C=O) groups is 1. The fourth-order valence-corrected chi connectivity index (χ4v) is 4.79. The first kappa shape index (κ1) is 21.3. The Kier molecular flexibility index (Phi) is 5.99. The summed E-state index contributed by atoms with van der Waals surface area (Å²) in [4.78, 5) is 14.7. The molecule has 0 atom stereocenters. The van der Waals surface area contributed by atoms with Crippen LogP contribution in [0.1, 0.15) is 10.5 Å². The zero-order valence-corrected chi connectivity index (χ0v) is 18.3. The summed E-state index contributed by atoms with van der Waals surface area (Å²) in [5.41, 5.74) is 0.373. The van der Waals surface area contributed by atoms with Gasteiger partial charge in [-0.2, -0.15) is 14.5 Å². The van der Waals surface area contributed by atoms with E-state index < -0.39 is 10.0 Å². The fourth-order valence-electron chi connectivity index (χ4n) is 3.26. The van der Waals surface area contributed by atoms with Crippen molar-refractivity contribution in [2.75, 3.05) is 26.2 Å². The Labute approximate surface area is 184 Å². The van der Waals surface area contributed by atoms with Gasteiger partial charge in [-0.1, -0.05) is 11.6 Å². The third kappa shape index (κ3) is 4.58. The van der Waals surface area contributed by atoms with E-state index in [2.05, 4.69) is 10.2 Å². The van der Waals surface area contributed by atoms with E-state index in [1.807, 2.05) is 0 Å². The van der Waals surface area contributed by atoms with Crippen molar-refractivity contribution < 1.29 is 17.9 Å². The van der Waals surface area contributed by atoms with E-state index in [-0.39, 0.29) is 43.7 Å². The number of amides is 1. The molecule has 0 unspecified atom stereocenters. The molecule has 4 rings (SSSR count). The van der Waals surface area contributed by atoms with Crippen molar-refractivity contribution in [3.05, 3.63) is 59.6 Å². The maximum atomic E-state index is 13.0. The average molecular weight is 465 g/mol. The van der Waals surface area contributed by atoms with Crippen molar-refractivity contribution in [2.45, 2.75) is 11.6 Å². The van der Waals surface area contributed by atoms with Gasteiger partial charge in [0, 0.05) is 50.6 Å². The van der Waals surface area contributed by atoms with Crippen molar-refractivity contribution in [1.29, 1.82) is 0 Å². The Hall–Kier alpha value is -2.89. The molecule has 0 radical (unpaired) electrons. The van der Waals surface area contributed by atoms with Crippen LogP contribution in [-0.2, 0) is 23.8 Å². The van der Waals surface area contributed by atoms with Gasteiger partial charge in [0.1, 0.15) is 16.3 Å². The molecule has 0 saturated carbocycles. The largest absolute Gasteiger partial charge is 0.471 e. The molecule has 1 aromatic carbocycles. The van der Waals surface area contributed by atoms with Gasteiger partial charge in [0.15, 0.2) is 6.73 Å². The monoisotopic (exact) mass is 464 g/mol. The van der Waals surface area contributed by atoms with E-state index in [1.165, 1.54) is 32.3 Å². The Bertz CT molecular complexity index is 1170. The van der Waals surface area contributed by atoms with Crippen LogP contribution in [0.15, 0.2) is 53.8 Å². The minimum absolute atomic E-state index is 0.0606. The molecule has 0 N–H and O–H groups in total. The predicted octanol–water partition coefficient (Wildman–Crippen LogP) is 1.45. The minimum Gasteiger partial charge on any atom is -0.471 e. The van der Waals surface area contributed by atoms with Gasteiger partial charge in [-0.05, 0) is 30.3 Å². The van der Waals surface area contributed by atoms with Crippen LogP contribution in [0.25, 0.3) is 0 Å². The Morgan fingerprint density at radius 3 is 2.45 bits per heavy atom. The Morgan fingerprint density at radius 2 is 1.81 bits per heavy atom. The third-order valence-corrected chi connectivity index (χ3v) is 7.05. The lowest BCUT2D eigenvalue weighted by molar-refractivity contribution is 0.0675. The zero-order valence-electron chi connectivity index (χ0n) is 16.8. The van der Waals surface area contributed by atoms with Gasteiger partial charge in [0.25, 0.3) is 5.91 Å². The number of nitrogens with zero attached hydrogens (tertiary/aromatic N) is 6. The summed E-state index contributed by atoms with van der Waals surface area (Å²) in [5, 5.41) is 8.69. The van der Waals surface area contributed by atoms with Gasteiger partial charge in [-0.25, -0.2) is 13.1 Å². The Morgan fingerprint density at radius 1 is 1.10 bits per heavy atom. The lowest BCUT2D eigenvalue weighted by Gasteiger charge is -2.33. The second-order valence-electron chi connectivity index (χ2n) is 6.99. The molecule has 164 valence electrons. The summed E-state index contributed by atoms with van der Waals surface area (Å²) >= 11 is 5.87. The molecule has 1 amide bonds. The molecule has 0 spiro atoms. The average Bonchev–Trinajstić information content (AvgIpc) is 3.42. The number of aryl methyl sites for hydroxylation is 1. The van der Waals surface area contributed by atoms with Gasteiger partial charge in [0.2, 0.25) is 10.0 Å². The van der Waals surface area contributed by atoms with E-state index in [0.717, 1.165) is 0 Å². The quantitative estimate of drug-likeness (QED) is 0.547. The molecule has 1 aliphatic rings. The predicted molar refractivity (Wildman–Crippen MR) is 112 cm³/mol. The molecular weight excluding hydrogens is 444 g/mol. The van der Waals surface area contributed by atoms with E-state index in [1.54, 1.807) is 42.3 Å². The van der Waals surface area contributed by atoms with E-state index in [4.69, 9.17) is 16.3 Å². The molecule has 0 bridgehead atoms. The van der Waals surface area contributed by atoms with E-state index >= 15 is 0 Å². The first-order valence-corrected chi connectivity index (χ1v) is 11.3. The third-order valence-electron chi connectivity index (χ3n) is 4.95. The highest BCUT2D eigenvalue weighted by molar-refractivity contribution is 7.89. The molecular formula is C19H21ClN6O4S. The lowest BCUT2D eigenvalue weighted by atomic mass is 10.3. The van der Waals surface area contributed by atoms with Crippen molar-refractivity contribution in [3.8, 4) is 5.75 Å². The van der Waals surface area contributed by atoms with E-state index in [0.29, 0.717) is 16.5 Å². The van der Waals surface area contributed by atoms with Crippen molar-refractivity contribution in [3.63, 3.8) is 0 Å². The molecule has 10 nitrogen and oxygen atoms in total. The molecule has 1 fully saturated rings. The van der Waals surface area contributed by atoms with Crippen LogP contribution < -0.4 is 4.74 Å². The summed E-state index contributed by atoms with van der Waals surface area (Å²) in [6.45, 7) is 1.03. The summed E-state index contributed by atoms with van der Waals surface area (Å²) in [6.07, 6.45) is 4.32. The normalized spacial score (nSPS) is 15.2. The molecule has 3 aromatic rings. The number of rotatable bonds is 6. The highest BCUT2D eigenvalue weighted by atomic mass is 35.5. The zero-order chi connectivity index (χ0) is 22.0. The maximum Gasteiger partial charge on any atom is 0.272 e. The number of sulfonamides is 1. The topological polar surface area (TPSA) is 103 Å². The van der Waals surface area contributed by atoms with Gasteiger partial charge >= 0.3 is 0 Å². The SMILES string of the molecule is Cn1cc(S(=O)(=O)N2CCN(C(=O)c3ccnn3COc3ccc(Cl)cc3)CC2)cn1. The second-order valence-corrected chi connectivity index (χ2v) is 9.36. The smallest absolute Gasteiger partial charge is 0.272 e. The molecule has 0 aliphatic carbocycles. The first-order chi connectivity index (χ1) is 14.8. The highest BCUT2D eigenvalue weighted by Gasteiger charge is 2.32. The number of aromatic nitrogens is 4. The lowest BCUT2D eigenvalue weighted by Crippen LogP contribution is -2.50. The van der Waals surface area contributed by atoms with Crippen molar-refractivity contribution >= 4 is 27.5 Å². The summed E-state index contributed by atoms with van der Waals surface area (Å²) in [7, 11) is -1.97. The maximum absolute atomic E-state index is 13.0. The number of hydrogen-bond acceptors (Lipinski definition) is 6. The number of ether oxygens (including phenoxy) is 1. The van der Waals surface area contributed by atoms with Crippen LogP contribution in [0.4, 0.5) is 0 Å². The fraction of sp³-hybridized carbons (Fsp3) is 0.316. The van der Waals surface area contributed by atoms with Crippen LogP contribution in [0.3, 0.4) is 0 Å². The van der Waals surface area contributed by atoms with Gasteiger partial charge < -0.3 is 9.64 Å². The number of carbonyl (C=O) groups excluding carboxylic acids is 1. The number of hydrogen-bond donors (Lipinski definition) is 0. The van der Waals surface area contributed by atoms with Crippen LogP contribution in [-0.4, -0.2) is 69.3 Å². The van der Waals surface area contributed by atoms with Gasteiger partial charge in [-0.3, -0.25) is 9.48 Å².